The topological polar surface area (TPSA) is 51.1 Å². The molecular weight excluding hydrogens is 399 g/mol. The summed E-state index contributed by atoms with van der Waals surface area (Å²) in [5, 5.41) is 4.60. The highest BCUT2D eigenvalue weighted by atomic mass is 32.2. The summed E-state index contributed by atoms with van der Waals surface area (Å²) in [4.78, 5) is 13.5. The van der Waals surface area contributed by atoms with Gasteiger partial charge in [-0.3, -0.25) is 9.00 Å². The average molecular weight is 423 g/mol. The van der Waals surface area contributed by atoms with Crippen molar-refractivity contribution in [1.82, 2.24) is 9.88 Å². The molecule has 1 N–H and O–H groups in total. The number of fused-ring (bicyclic) bond motifs is 3. The zero-order valence-electron chi connectivity index (χ0n) is 16.9. The van der Waals surface area contributed by atoms with Crippen molar-refractivity contribution in [2.45, 2.75) is 31.8 Å². The van der Waals surface area contributed by atoms with Gasteiger partial charge < -0.3 is 9.88 Å². The van der Waals surface area contributed by atoms with Crippen molar-refractivity contribution in [3.05, 3.63) is 77.6 Å². The number of hydrogen-bond donors (Lipinski definition) is 1. The fourth-order valence-electron chi connectivity index (χ4n) is 3.77. The van der Waals surface area contributed by atoms with Gasteiger partial charge in [-0.05, 0) is 61.0 Å². The molecule has 1 unspecified atom stereocenters. The van der Waals surface area contributed by atoms with Crippen LogP contribution in [0.2, 0.25) is 0 Å². The lowest BCUT2D eigenvalue weighted by atomic mass is 10.1. The van der Waals surface area contributed by atoms with Gasteiger partial charge in [0, 0.05) is 51.1 Å². The summed E-state index contributed by atoms with van der Waals surface area (Å²) in [5.41, 5.74) is 3.40. The van der Waals surface area contributed by atoms with Crippen molar-refractivity contribution in [3.8, 4) is 0 Å². The summed E-state index contributed by atoms with van der Waals surface area (Å²) >= 11 is 0. The highest BCUT2D eigenvalue weighted by Crippen LogP contribution is 2.30. The molecule has 1 atom stereocenters. The smallest absolute Gasteiger partial charge is 0.251 e. The van der Waals surface area contributed by atoms with Gasteiger partial charge in [-0.25, -0.2) is 4.39 Å². The Kier molecular flexibility index (Phi) is 5.68. The molecule has 4 nitrogen and oxygen atoms in total. The molecule has 0 saturated heterocycles. The fraction of sp³-hybridized carbons (Fsp3) is 0.208. The number of aryl methyl sites for hydroxylation is 1. The molecule has 0 bridgehead atoms. The van der Waals surface area contributed by atoms with Crippen LogP contribution in [0.5, 0.6) is 0 Å². The van der Waals surface area contributed by atoms with E-state index < -0.39 is 10.8 Å². The number of aromatic nitrogens is 1. The van der Waals surface area contributed by atoms with E-state index in [1.807, 2.05) is 50.2 Å². The van der Waals surface area contributed by atoms with Crippen molar-refractivity contribution in [2.24, 2.45) is 0 Å². The van der Waals surface area contributed by atoms with Gasteiger partial charge in [0.15, 0.2) is 0 Å². The SMILES string of the molecule is CCn1c2ccc(F)cc2c2cc(C(=O)NCc3ccc(S(=O)CC)cc3)ccc21. The van der Waals surface area contributed by atoms with Crippen molar-refractivity contribution in [3.63, 3.8) is 0 Å². The van der Waals surface area contributed by atoms with Crippen LogP contribution in [0.1, 0.15) is 29.8 Å². The van der Waals surface area contributed by atoms with Gasteiger partial charge >= 0.3 is 0 Å². The molecule has 30 heavy (non-hydrogen) atoms. The molecule has 0 spiro atoms. The molecule has 0 aliphatic rings. The molecule has 1 amide bonds. The van der Waals surface area contributed by atoms with E-state index in [0.717, 1.165) is 38.8 Å². The molecule has 154 valence electrons. The summed E-state index contributed by atoms with van der Waals surface area (Å²) < 4.78 is 27.8. The first-order chi connectivity index (χ1) is 14.5. The maximum absolute atomic E-state index is 13.8. The molecule has 6 heteroatoms. The molecule has 0 saturated carbocycles. The fourth-order valence-corrected chi connectivity index (χ4v) is 4.54. The third-order valence-electron chi connectivity index (χ3n) is 5.31. The number of nitrogens with zero attached hydrogens (tertiary/aromatic N) is 1. The molecule has 0 fully saturated rings. The molecule has 4 aromatic rings. The van der Waals surface area contributed by atoms with Crippen molar-refractivity contribution in [1.29, 1.82) is 0 Å². The van der Waals surface area contributed by atoms with Crippen LogP contribution in [0.15, 0.2) is 65.6 Å². The number of carbonyl (C=O) groups is 1. The number of halogens is 1. The molecular formula is C24H23FN2O2S. The van der Waals surface area contributed by atoms with Crippen molar-refractivity contribution >= 4 is 38.5 Å². The molecule has 4 rings (SSSR count). The lowest BCUT2D eigenvalue weighted by Gasteiger charge is -2.07. The summed E-state index contributed by atoms with van der Waals surface area (Å²) in [7, 11) is -0.983. The molecule has 1 aromatic heterocycles. The molecule has 1 heterocycles. The Labute approximate surface area is 177 Å². The lowest BCUT2D eigenvalue weighted by molar-refractivity contribution is 0.0951. The Morgan fingerprint density at radius 3 is 2.30 bits per heavy atom. The van der Waals surface area contributed by atoms with E-state index in [1.165, 1.54) is 12.1 Å². The Balaban J connectivity index is 1.58. The van der Waals surface area contributed by atoms with E-state index in [9.17, 15) is 13.4 Å². The zero-order valence-corrected chi connectivity index (χ0v) is 17.8. The minimum atomic E-state index is -0.983. The van der Waals surface area contributed by atoms with Crippen LogP contribution in [-0.4, -0.2) is 20.4 Å². The number of benzene rings is 3. The van der Waals surface area contributed by atoms with Gasteiger partial charge in [-0.2, -0.15) is 0 Å². The summed E-state index contributed by atoms with van der Waals surface area (Å²) in [6, 6.07) is 17.7. The van der Waals surface area contributed by atoms with Gasteiger partial charge in [0.1, 0.15) is 5.82 Å². The summed E-state index contributed by atoms with van der Waals surface area (Å²) in [6.45, 7) is 5.06. The molecule has 0 aliphatic carbocycles. The Morgan fingerprint density at radius 1 is 0.967 bits per heavy atom. The maximum Gasteiger partial charge on any atom is 0.251 e. The van der Waals surface area contributed by atoms with Gasteiger partial charge in [0.2, 0.25) is 0 Å². The number of nitrogens with one attached hydrogen (secondary N) is 1. The second-order valence-electron chi connectivity index (χ2n) is 7.10. The minimum Gasteiger partial charge on any atom is -0.348 e. The van der Waals surface area contributed by atoms with E-state index in [4.69, 9.17) is 0 Å². The van der Waals surface area contributed by atoms with Crippen LogP contribution in [0.25, 0.3) is 21.8 Å². The monoisotopic (exact) mass is 422 g/mol. The van der Waals surface area contributed by atoms with E-state index in [1.54, 1.807) is 12.1 Å². The van der Waals surface area contributed by atoms with Crippen LogP contribution in [-0.2, 0) is 23.9 Å². The average Bonchev–Trinajstić information content (AvgIpc) is 3.09. The van der Waals surface area contributed by atoms with E-state index in [0.29, 0.717) is 17.9 Å². The van der Waals surface area contributed by atoms with Crippen molar-refractivity contribution < 1.29 is 13.4 Å². The first kappa shape index (κ1) is 20.3. The predicted molar refractivity (Wildman–Crippen MR) is 120 cm³/mol. The first-order valence-electron chi connectivity index (χ1n) is 9.98. The number of amides is 1. The van der Waals surface area contributed by atoms with Gasteiger partial charge in [0.25, 0.3) is 5.91 Å². The highest BCUT2D eigenvalue weighted by Gasteiger charge is 2.14. The number of hydrogen-bond acceptors (Lipinski definition) is 2. The van der Waals surface area contributed by atoms with Crippen LogP contribution < -0.4 is 5.32 Å². The second kappa shape index (κ2) is 8.40. The maximum atomic E-state index is 13.8. The largest absolute Gasteiger partial charge is 0.348 e. The van der Waals surface area contributed by atoms with Crippen LogP contribution in [0.3, 0.4) is 0 Å². The predicted octanol–water partition coefficient (Wildman–Crippen LogP) is 5.01. The standard InChI is InChI=1S/C24H23FN2O2S/c1-3-27-22-11-7-17(13-20(22)21-14-18(25)8-12-23(21)27)24(28)26-15-16-5-9-19(10-6-16)30(29)4-2/h5-14H,3-4,15H2,1-2H3,(H,26,28). The van der Waals surface area contributed by atoms with E-state index in [2.05, 4.69) is 9.88 Å². The van der Waals surface area contributed by atoms with Crippen LogP contribution in [0.4, 0.5) is 4.39 Å². The van der Waals surface area contributed by atoms with Gasteiger partial charge in [0.05, 0.1) is 10.8 Å². The Morgan fingerprint density at radius 2 is 1.63 bits per heavy atom. The van der Waals surface area contributed by atoms with Crippen molar-refractivity contribution in [2.75, 3.05) is 5.75 Å². The second-order valence-corrected chi connectivity index (χ2v) is 8.84. The van der Waals surface area contributed by atoms with E-state index in [-0.39, 0.29) is 11.7 Å². The molecule has 3 aromatic carbocycles. The summed E-state index contributed by atoms with van der Waals surface area (Å²) in [5.74, 6) is 0.101. The number of rotatable bonds is 6. The van der Waals surface area contributed by atoms with Gasteiger partial charge in [-0.15, -0.1) is 0 Å². The minimum absolute atomic E-state index is 0.188. The van der Waals surface area contributed by atoms with E-state index >= 15 is 0 Å². The highest BCUT2D eigenvalue weighted by molar-refractivity contribution is 7.85. The van der Waals surface area contributed by atoms with Crippen LogP contribution in [0, 0.1) is 5.82 Å². The quantitative estimate of drug-likeness (QED) is 0.475. The summed E-state index contributed by atoms with van der Waals surface area (Å²) in [6.07, 6.45) is 0. The van der Waals surface area contributed by atoms with Gasteiger partial charge in [-0.1, -0.05) is 19.1 Å². The normalized spacial score (nSPS) is 12.4. The van der Waals surface area contributed by atoms with Crippen LogP contribution >= 0.6 is 0 Å². The first-order valence-corrected chi connectivity index (χ1v) is 11.3. The zero-order chi connectivity index (χ0) is 21.3. The third kappa shape index (κ3) is 3.75. The lowest BCUT2D eigenvalue weighted by Crippen LogP contribution is -2.22. The Bertz CT molecular complexity index is 1260. The third-order valence-corrected chi connectivity index (χ3v) is 6.63. The molecule has 0 radical (unpaired) electrons. The number of carbonyl (C=O) groups excluding carboxylic acids is 1. The Hall–Kier alpha value is -2.99. The molecule has 0 aliphatic heterocycles.